The number of methoxy groups -OCH3 is 1. The van der Waals surface area contributed by atoms with Gasteiger partial charge in [0.15, 0.2) is 5.90 Å². The van der Waals surface area contributed by atoms with Gasteiger partial charge < -0.3 is 14.2 Å². The Hall–Kier alpha value is -2.11. The van der Waals surface area contributed by atoms with Crippen molar-refractivity contribution >= 4 is 17.8 Å². The van der Waals surface area contributed by atoms with Crippen molar-refractivity contribution < 1.29 is 23.8 Å². The molecule has 176 valence electrons. The van der Waals surface area contributed by atoms with Crippen LogP contribution in [0.1, 0.15) is 90.4 Å². The second-order valence-electron chi connectivity index (χ2n) is 7.90. The first kappa shape index (κ1) is 26.9. The fourth-order valence-corrected chi connectivity index (χ4v) is 3.40. The fourth-order valence-electron chi connectivity index (χ4n) is 3.40. The van der Waals surface area contributed by atoms with Crippen LogP contribution in [0.4, 0.5) is 0 Å². The van der Waals surface area contributed by atoms with Crippen LogP contribution in [0.25, 0.3) is 0 Å². The lowest BCUT2D eigenvalue weighted by atomic mass is 10.1. The third-order valence-electron chi connectivity index (χ3n) is 5.19. The molecule has 1 aliphatic rings. The Morgan fingerprint density at radius 2 is 1.74 bits per heavy atom. The van der Waals surface area contributed by atoms with E-state index in [0.717, 1.165) is 69.7 Å². The molecule has 0 N–H and O–H groups in total. The number of ether oxygens (including phenoxy) is 3. The van der Waals surface area contributed by atoms with Crippen LogP contribution in [0.2, 0.25) is 0 Å². The zero-order valence-corrected chi connectivity index (χ0v) is 19.5. The molecule has 0 aromatic heterocycles. The van der Waals surface area contributed by atoms with Crippen LogP contribution in [0, 0.1) is 0 Å². The summed E-state index contributed by atoms with van der Waals surface area (Å²) in [6.07, 6.45) is 20.6. The van der Waals surface area contributed by atoms with Gasteiger partial charge in [-0.15, -0.1) is 0 Å². The molecule has 0 saturated carbocycles. The van der Waals surface area contributed by atoms with Crippen LogP contribution >= 0.6 is 0 Å². The van der Waals surface area contributed by atoms with E-state index in [1.54, 1.807) is 0 Å². The van der Waals surface area contributed by atoms with Crippen molar-refractivity contribution in [3.05, 3.63) is 24.3 Å². The quantitative estimate of drug-likeness (QED) is 0.119. The number of rotatable bonds is 18. The van der Waals surface area contributed by atoms with Crippen molar-refractivity contribution in [3.8, 4) is 0 Å². The third kappa shape index (κ3) is 15.4. The molecule has 1 atom stereocenters. The summed E-state index contributed by atoms with van der Waals surface area (Å²) in [6.45, 7) is 3.76. The lowest BCUT2D eigenvalue weighted by molar-refractivity contribution is -0.144. The van der Waals surface area contributed by atoms with Crippen molar-refractivity contribution in [1.29, 1.82) is 0 Å². The summed E-state index contributed by atoms with van der Waals surface area (Å²) in [4.78, 5) is 27.4. The average molecular weight is 436 g/mol. The summed E-state index contributed by atoms with van der Waals surface area (Å²) >= 11 is 0. The van der Waals surface area contributed by atoms with Gasteiger partial charge in [0.2, 0.25) is 0 Å². The average Bonchev–Trinajstić information content (AvgIpc) is 3.29. The maximum atomic E-state index is 12.0. The fraction of sp³-hybridized carbons (Fsp3) is 0.720. The lowest BCUT2D eigenvalue weighted by Crippen LogP contribution is -2.16. The SMILES string of the molecule is CCCCCCC(CC=CCCCCCCCC1=NCCO1)OC(=O)C=CC(=O)OC. The smallest absolute Gasteiger partial charge is 0.331 e. The molecule has 31 heavy (non-hydrogen) atoms. The van der Waals surface area contributed by atoms with E-state index >= 15 is 0 Å². The van der Waals surface area contributed by atoms with E-state index in [-0.39, 0.29) is 6.10 Å². The maximum Gasteiger partial charge on any atom is 0.331 e. The third-order valence-corrected chi connectivity index (χ3v) is 5.19. The minimum absolute atomic E-state index is 0.149. The number of hydrogen-bond donors (Lipinski definition) is 0. The van der Waals surface area contributed by atoms with Crippen LogP contribution in [-0.4, -0.2) is 44.2 Å². The summed E-state index contributed by atoms with van der Waals surface area (Å²) in [7, 11) is 1.28. The molecule has 0 aliphatic carbocycles. The molecule has 0 aromatic carbocycles. The molecule has 0 spiro atoms. The predicted octanol–water partition coefficient (Wildman–Crippen LogP) is 5.70. The molecular formula is C25H41NO5. The minimum atomic E-state index is -0.558. The maximum absolute atomic E-state index is 12.0. The second kappa shape index (κ2) is 18.6. The van der Waals surface area contributed by atoms with Crippen molar-refractivity contribution in [2.45, 2.75) is 96.5 Å². The van der Waals surface area contributed by atoms with E-state index in [1.807, 2.05) is 0 Å². The number of nitrogens with zero attached hydrogens (tertiary/aromatic N) is 1. The largest absolute Gasteiger partial charge is 0.479 e. The van der Waals surface area contributed by atoms with Gasteiger partial charge in [-0.25, -0.2) is 9.59 Å². The van der Waals surface area contributed by atoms with Crippen LogP contribution in [0.15, 0.2) is 29.3 Å². The highest BCUT2D eigenvalue weighted by atomic mass is 16.5. The molecule has 0 radical (unpaired) electrons. The van der Waals surface area contributed by atoms with Crippen LogP contribution in [0.5, 0.6) is 0 Å². The van der Waals surface area contributed by atoms with Gasteiger partial charge in [-0.3, -0.25) is 4.99 Å². The molecule has 0 aromatic rings. The summed E-state index contributed by atoms with van der Waals surface area (Å²) in [5.74, 6) is -0.112. The van der Waals surface area contributed by atoms with E-state index in [0.29, 0.717) is 6.42 Å². The summed E-state index contributed by atoms with van der Waals surface area (Å²) in [6, 6.07) is 0. The molecule has 0 fully saturated rings. The van der Waals surface area contributed by atoms with E-state index in [2.05, 4.69) is 28.8 Å². The van der Waals surface area contributed by atoms with Crippen LogP contribution in [-0.2, 0) is 23.8 Å². The Kier molecular flexibility index (Phi) is 16.2. The normalized spacial score (nSPS) is 14.6. The van der Waals surface area contributed by atoms with Crippen LogP contribution in [0.3, 0.4) is 0 Å². The molecule has 1 unspecified atom stereocenters. The molecule has 0 bridgehead atoms. The van der Waals surface area contributed by atoms with Crippen molar-refractivity contribution in [2.75, 3.05) is 20.3 Å². The summed E-state index contributed by atoms with van der Waals surface area (Å²) in [5.41, 5.74) is 0. The number of carbonyl (C=O) groups excluding carboxylic acids is 2. The van der Waals surface area contributed by atoms with E-state index in [4.69, 9.17) is 9.47 Å². The van der Waals surface area contributed by atoms with Gasteiger partial charge in [-0.1, -0.05) is 57.6 Å². The number of allylic oxidation sites excluding steroid dienone is 1. The Morgan fingerprint density at radius 1 is 1.00 bits per heavy atom. The first-order valence-electron chi connectivity index (χ1n) is 11.9. The number of carbonyl (C=O) groups is 2. The van der Waals surface area contributed by atoms with Crippen LogP contribution < -0.4 is 0 Å². The number of unbranched alkanes of at least 4 members (excludes halogenated alkanes) is 8. The number of aliphatic imine (C=N–C) groups is 1. The van der Waals surface area contributed by atoms with Gasteiger partial charge >= 0.3 is 11.9 Å². The summed E-state index contributed by atoms with van der Waals surface area (Å²) in [5, 5.41) is 0. The Balaban J connectivity index is 2.19. The number of hydrogen-bond acceptors (Lipinski definition) is 6. The van der Waals surface area contributed by atoms with Gasteiger partial charge in [-0.2, -0.15) is 0 Å². The standard InChI is InChI=1S/C25H41NO5/c1-3-4-5-12-15-22(31-25(28)19-18-24(27)29-2)16-13-10-8-6-7-9-11-14-17-23-26-20-21-30-23/h10,13,18-19,22H,3-9,11-12,14-17,20-21H2,1-2H3. The predicted molar refractivity (Wildman–Crippen MR) is 124 cm³/mol. The minimum Gasteiger partial charge on any atom is -0.479 e. The van der Waals surface area contributed by atoms with Gasteiger partial charge in [0.05, 0.1) is 13.7 Å². The van der Waals surface area contributed by atoms with Crippen molar-refractivity contribution in [3.63, 3.8) is 0 Å². The Bertz CT molecular complexity index is 582. The van der Waals surface area contributed by atoms with Gasteiger partial charge in [0.1, 0.15) is 12.7 Å². The molecule has 1 aliphatic heterocycles. The molecular weight excluding hydrogens is 394 g/mol. The molecule has 1 rings (SSSR count). The molecule has 6 heteroatoms. The van der Waals surface area contributed by atoms with Crippen molar-refractivity contribution in [2.24, 2.45) is 4.99 Å². The monoisotopic (exact) mass is 435 g/mol. The lowest BCUT2D eigenvalue weighted by Gasteiger charge is -2.15. The number of esters is 2. The van der Waals surface area contributed by atoms with Gasteiger partial charge in [0.25, 0.3) is 0 Å². The first-order valence-corrected chi connectivity index (χ1v) is 11.9. The van der Waals surface area contributed by atoms with E-state index in [9.17, 15) is 9.59 Å². The zero-order chi connectivity index (χ0) is 22.6. The molecule has 1 heterocycles. The first-order chi connectivity index (χ1) is 15.2. The van der Waals surface area contributed by atoms with E-state index in [1.165, 1.54) is 45.6 Å². The van der Waals surface area contributed by atoms with Gasteiger partial charge in [0, 0.05) is 25.0 Å². The highest BCUT2D eigenvalue weighted by molar-refractivity contribution is 5.91. The Morgan fingerprint density at radius 3 is 2.48 bits per heavy atom. The van der Waals surface area contributed by atoms with Crippen molar-refractivity contribution in [1.82, 2.24) is 0 Å². The molecule has 0 saturated heterocycles. The summed E-state index contributed by atoms with van der Waals surface area (Å²) < 4.78 is 15.5. The zero-order valence-electron chi connectivity index (χ0n) is 19.5. The molecule has 6 nitrogen and oxygen atoms in total. The van der Waals surface area contributed by atoms with Gasteiger partial charge in [-0.05, 0) is 32.1 Å². The van der Waals surface area contributed by atoms with E-state index < -0.39 is 11.9 Å². The topological polar surface area (TPSA) is 74.2 Å². The second-order valence-corrected chi connectivity index (χ2v) is 7.90. The molecule has 0 amide bonds. The Labute approximate surface area is 188 Å². The highest BCUT2D eigenvalue weighted by Crippen LogP contribution is 2.14. The highest BCUT2D eigenvalue weighted by Gasteiger charge is 2.11.